The van der Waals surface area contributed by atoms with Gasteiger partial charge in [0.2, 0.25) is 0 Å². The van der Waals surface area contributed by atoms with Crippen LogP contribution in [-0.2, 0) is 13.7 Å². The molecule has 0 saturated carbocycles. The van der Waals surface area contributed by atoms with Crippen molar-refractivity contribution in [2.45, 2.75) is 20.5 Å². The molecular weight excluding hydrogens is 288 g/mol. The fourth-order valence-corrected chi connectivity index (χ4v) is 2.49. The number of para-hydroxylation sites is 1. The number of nitrogens with zero attached hydrogens (tertiary/aromatic N) is 4. The summed E-state index contributed by atoms with van der Waals surface area (Å²) in [5, 5.41) is 5.27. The summed E-state index contributed by atoms with van der Waals surface area (Å²) in [5.74, 6) is 1.40. The van der Waals surface area contributed by atoms with Crippen molar-refractivity contribution in [1.82, 2.24) is 19.7 Å². The second kappa shape index (κ2) is 5.33. The van der Waals surface area contributed by atoms with Crippen molar-refractivity contribution in [3.05, 3.63) is 46.5 Å². The Morgan fingerprint density at radius 1 is 1.19 bits per heavy atom. The molecule has 0 saturated heterocycles. The van der Waals surface area contributed by atoms with Gasteiger partial charge in [0.05, 0.1) is 11.6 Å². The van der Waals surface area contributed by atoms with Crippen molar-refractivity contribution in [3.63, 3.8) is 0 Å². The standard InChI is InChI=1S/C15H15ClN4O/c1-9-5-4-6-10(2)13(9)21-8-12-18-14(16)11-7-17-20(3)15(11)19-12/h4-7H,8H2,1-3H3. The van der Waals surface area contributed by atoms with Crippen LogP contribution < -0.4 is 4.74 Å². The topological polar surface area (TPSA) is 52.8 Å². The monoisotopic (exact) mass is 302 g/mol. The van der Waals surface area contributed by atoms with Crippen LogP contribution in [0.25, 0.3) is 11.0 Å². The van der Waals surface area contributed by atoms with Gasteiger partial charge >= 0.3 is 0 Å². The molecule has 21 heavy (non-hydrogen) atoms. The first-order valence-electron chi connectivity index (χ1n) is 6.59. The number of fused-ring (bicyclic) bond motifs is 1. The third-order valence-corrected chi connectivity index (χ3v) is 3.63. The smallest absolute Gasteiger partial charge is 0.170 e. The minimum absolute atomic E-state index is 0.270. The molecule has 0 aliphatic carbocycles. The lowest BCUT2D eigenvalue weighted by Crippen LogP contribution is -2.05. The van der Waals surface area contributed by atoms with Crippen LogP contribution in [0.15, 0.2) is 24.4 Å². The number of halogens is 1. The van der Waals surface area contributed by atoms with Crippen LogP contribution in [-0.4, -0.2) is 19.7 Å². The summed E-state index contributed by atoms with van der Waals surface area (Å²) in [6, 6.07) is 6.04. The average Bonchev–Trinajstić information content (AvgIpc) is 2.81. The Kier molecular flexibility index (Phi) is 3.51. The summed E-state index contributed by atoms with van der Waals surface area (Å²) in [5.41, 5.74) is 2.88. The number of aromatic nitrogens is 4. The van der Waals surface area contributed by atoms with E-state index in [1.165, 1.54) is 0 Å². The van der Waals surface area contributed by atoms with E-state index in [1.807, 2.05) is 39.1 Å². The van der Waals surface area contributed by atoms with Gasteiger partial charge in [0.25, 0.3) is 0 Å². The van der Waals surface area contributed by atoms with Gasteiger partial charge < -0.3 is 4.74 Å². The molecule has 0 spiro atoms. The zero-order valence-electron chi connectivity index (χ0n) is 12.1. The van der Waals surface area contributed by atoms with Gasteiger partial charge in [-0.1, -0.05) is 29.8 Å². The van der Waals surface area contributed by atoms with Gasteiger partial charge in [-0.25, -0.2) is 9.97 Å². The van der Waals surface area contributed by atoms with Gasteiger partial charge in [0, 0.05) is 7.05 Å². The van der Waals surface area contributed by atoms with E-state index in [9.17, 15) is 0 Å². The fourth-order valence-electron chi connectivity index (χ4n) is 2.26. The van der Waals surface area contributed by atoms with Crippen molar-refractivity contribution >= 4 is 22.6 Å². The van der Waals surface area contributed by atoms with E-state index in [-0.39, 0.29) is 6.61 Å². The predicted octanol–water partition coefficient (Wildman–Crippen LogP) is 3.21. The third kappa shape index (κ3) is 2.56. The maximum absolute atomic E-state index is 6.16. The predicted molar refractivity (Wildman–Crippen MR) is 81.6 cm³/mol. The molecule has 1 aromatic carbocycles. The lowest BCUT2D eigenvalue weighted by molar-refractivity contribution is 0.292. The van der Waals surface area contributed by atoms with E-state index in [1.54, 1.807) is 10.9 Å². The Balaban J connectivity index is 1.90. The van der Waals surface area contributed by atoms with Gasteiger partial charge in [0.1, 0.15) is 17.5 Å². The van der Waals surface area contributed by atoms with Crippen LogP contribution in [0.5, 0.6) is 5.75 Å². The maximum atomic E-state index is 6.16. The molecule has 0 N–H and O–H groups in total. The molecule has 0 atom stereocenters. The highest BCUT2D eigenvalue weighted by Gasteiger charge is 2.11. The summed E-state index contributed by atoms with van der Waals surface area (Å²) < 4.78 is 7.53. The SMILES string of the molecule is Cc1cccc(C)c1OCc1nc(Cl)c2cnn(C)c2n1. The van der Waals surface area contributed by atoms with E-state index in [0.717, 1.165) is 22.3 Å². The highest BCUT2D eigenvalue weighted by atomic mass is 35.5. The van der Waals surface area contributed by atoms with Crippen LogP contribution in [0.2, 0.25) is 5.15 Å². The van der Waals surface area contributed by atoms with Crippen molar-refractivity contribution < 1.29 is 4.74 Å². The molecule has 0 bridgehead atoms. The molecular formula is C15H15ClN4O. The molecule has 0 aliphatic heterocycles. The Morgan fingerprint density at radius 2 is 1.90 bits per heavy atom. The van der Waals surface area contributed by atoms with Crippen molar-refractivity contribution in [3.8, 4) is 5.75 Å². The number of ether oxygens (including phenoxy) is 1. The Hall–Kier alpha value is -2.14. The normalized spacial score (nSPS) is 11.0. The van der Waals surface area contributed by atoms with Crippen LogP contribution in [0.1, 0.15) is 17.0 Å². The number of aryl methyl sites for hydroxylation is 3. The molecule has 3 aromatic rings. The van der Waals surface area contributed by atoms with Crippen LogP contribution >= 0.6 is 11.6 Å². The molecule has 0 fully saturated rings. The number of hydrogen-bond donors (Lipinski definition) is 0. The summed E-state index contributed by atoms with van der Waals surface area (Å²) in [7, 11) is 1.82. The summed E-state index contributed by atoms with van der Waals surface area (Å²) >= 11 is 6.16. The molecule has 2 heterocycles. The van der Waals surface area contributed by atoms with Gasteiger partial charge in [0.15, 0.2) is 11.5 Å². The minimum Gasteiger partial charge on any atom is -0.485 e. The van der Waals surface area contributed by atoms with E-state index >= 15 is 0 Å². The molecule has 0 unspecified atom stereocenters. The quantitative estimate of drug-likeness (QED) is 0.697. The Bertz CT molecular complexity index is 793. The van der Waals surface area contributed by atoms with Crippen molar-refractivity contribution in [2.75, 3.05) is 0 Å². The molecule has 3 rings (SSSR count). The van der Waals surface area contributed by atoms with E-state index in [0.29, 0.717) is 16.6 Å². The highest BCUT2D eigenvalue weighted by Crippen LogP contribution is 2.24. The second-order valence-electron chi connectivity index (χ2n) is 4.95. The Morgan fingerprint density at radius 3 is 2.62 bits per heavy atom. The maximum Gasteiger partial charge on any atom is 0.170 e. The van der Waals surface area contributed by atoms with E-state index in [2.05, 4.69) is 15.1 Å². The number of rotatable bonds is 3. The zero-order chi connectivity index (χ0) is 15.0. The lowest BCUT2D eigenvalue weighted by atomic mass is 10.1. The first-order chi connectivity index (χ1) is 10.1. The van der Waals surface area contributed by atoms with Crippen molar-refractivity contribution in [1.29, 1.82) is 0 Å². The molecule has 6 heteroatoms. The van der Waals surface area contributed by atoms with Crippen molar-refractivity contribution in [2.24, 2.45) is 7.05 Å². The van der Waals surface area contributed by atoms with Crippen LogP contribution in [0.3, 0.4) is 0 Å². The molecule has 0 aliphatic rings. The number of hydrogen-bond acceptors (Lipinski definition) is 4. The molecule has 108 valence electrons. The van der Waals surface area contributed by atoms with E-state index < -0.39 is 0 Å². The summed E-state index contributed by atoms with van der Waals surface area (Å²) in [6.07, 6.45) is 1.66. The molecule has 0 amide bonds. The molecule has 0 radical (unpaired) electrons. The fraction of sp³-hybridized carbons (Fsp3) is 0.267. The van der Waals surface area contributed by atoms with Gasteiger partial charge in [-0.15, -0.1) is 0 Å². The van der Waals surface area contributed by atoms with Gasteiger partial charge in [-0.05, 0) is 25.0 Å². The van der Waals surface area contributed by atoms with Crippen LogP contribution in [0.4, 0.5) is 0 Å². The molecule has 5 nitrogen and oxygen atoms in total. The highest BCUT2D eigenvalue weighted by molar-refractivity contribution is 6.33. The summed E-state index contributed by atoms with van der Waals surface area (Å²) in [6.45, 7) is 4.30. The van der Waals surface area contributed by atoms with Gasteiger partial charge in [-0.2, -0.15) is 5.10 Å². The minimum atomic E-state index is 0.270. The average molecular weight is 303 g/mol. The third-order valence-electron chi connectivity index (χ3n) is 3.35. The lowest BCUT2D eigenvalue weighted by Gasteiger charge is -2.11. The first-order valence-corrected chi connectivity index (χ1v) is 6.97. The first kappa shape index (κ1) is 13.8. The van der Waals surface area contributed by atoms with Crippen LogP contribution in [0, 0.1) is 13.8 Å². The molecule has 2 aromatic heterocycles. The largest absolute Gasteiger partial charge is 0.485 e. The zero-order valence-corrected chi connectivity index (χ0v) is 12.8. The Labute approximate surface area is 127 Å². The summed E-state index contributed by atoms with van der Waals surface area (Å²) in [4.78, 5) is 8.71. The second-order valence-corrected chi connectivity index (χ2v) is 5.30. The van der Waals surface area contributed by atoms with E-state index in [4.69, 9.17) is 16.3 Å². The van der Waals surface area contributed by atoms with Gasteiger partial charge in [-0.3, -0.25) is 4.68 Å². The number of benzene rings is 1.